The second-order valence-electron chi connectivity index (χ2n) is 7.37. The Morgan fingerprint density at radius 3 is 2.28 bits per heavy atom. The molecule has 6 nitrogen and oxygen atoms in total. The van der Waals surface area contributed by atoms with Crippen molar-refractivity contribution in [3.05, 3.63) is 96.2 Å². The van der Waals surface area contributed by atoms with Crippen LogP contribution in [0.25, 0.3) is 22.0 Å². The standard InChI is InChI=1S/C26H22N2O4/c1-17(25(30)22-15-27-23-10-6-5-9-21(22)23)32-24(29)16-28-26(31)20-13-11-19(12-14-20)18-7-3-2-4-8-18/h2-15,17,27H,16H2,1H3,(H,28,31). The predicted molar refractivity (Wildman–Crippen MR) is 122 cm³/mol. The van der Waals surface area contributed by atoms with Crippen molar-refractivity contribution in [2.45, 2.75) is 13.0 Å². The quantitative estimate of drug-likeness (QED) is 0.339. The van der Waals surface area contributed by atoms with Crippen molar-refractivity contribution < 1.29 is 19.1 Å². The number of aromatic nitrogens is 1. The Bertz CT molecular complexity index is 1260. The average molecular weight is 426 g/mol. The largest absolute Gasteiger partial charge is 0.453 e. The lowest BCUT2D eigenvalue weighted by molar-refractivity contribution is -0.145. The molecule has 32 heavy (non-hydrogen) atoms. The van der Waals surface area contributed by atoms with Crippen LogP contribution in [0.5, 0.6) is 0 Å². The van der Waals surface area contributed by atoms with E-state index >= 15 is 0 Å². The van der Waals surface area contributed by atoms with Crippen LogP contribution in [-0.4, -0.2) is 35.3 Å². The van der Waals surface area contributed by atoms with E-state index in [1.165, 1.54) is 6.92 Å². The second-order valence-corrected chi connectivity index (χ2v) is 7.37. The molecular weight excluding hydrogens is 404 g/mol. The number of para-hydroxylation sites is 1. The number of carbonyl (C=O) groups excluding carboxylic acids is 3. The molecule has 1 aromatic heterocycles. The average Bonchev–Trinajstić information content (AvgIpc) is 3.27. The molecule has 0 saturated heterocycles. The number of fused-ring (bicyclic) bond motifs is 1. The van der Waals surface area contributed by atoms with Gasteiger partial charge in [0.15, 0.2) is 6.10 Å². The molecule has 0 saturated carbocycles. The molecular formula is C26H22N2O4. The topological polar surface area (TPSA) is 88.3 Å². The lowest BCUT2D eigenvalue weighted by Crippen LogP contribution is -2.34. The minimum Gasteiger partial charge on any atom is -0.453 e. The molecule has 4 aromatic rings. The van der Waals surface area contributed by atoms with Gasteiger partial charge < -0.3 is 15.0 Å². The molecule has 0 aliphatic heterocycles. The highest BCUT2D eigenvalue weighted by Crippen LogP contribution is 2.20. The van der Waals surface area contributed by atoms with Crippen LogP contribution < -0.4 is 5.32 Å². The highest BCUT2D eigenvalue weighted by atomic mass is 16.5. The van der Waals surface area contributed by atoms with Gasteiger partial charge >= 0.3 is 5.97 Å². The molecule has 3 aromatic carbocycles. The molecule has 0 aliphatic carbocycles. The summed E-state index contributed by atoms with van der Waals surface area (Å²) in [4.78, 5) is 40.2. The van der Waals surface area contributed by atoms with Crippen LogP contribution in [-0.2, 0) is 9.53 Å². The maximum Gasteiger partial charge on any atom is 0.326 e. The van der Waals surface area contributed by atoms with Gasteiger partial charge in [0.2, 0.25) is 5.78 Å². The van der Waals surface area contributed by atoms with Crippen molar-refractivity contribution in [3.8, 4) is 11.1 Å². The highest BCUT2D eigenvalue weighted by Gasteiger charge is 2.22. The van der Waals surface area contributed by atoms with Crippen LogP contribution in [0.2, 0.25) is 0 Å². The molecule has 1 atom stereocenters. The Labute approximate surface area is 185 Å². The van der Waals surface area contributed by atoms with E-state index in [9.17, 15) is 14.4 Å². The van der Waals surface area contributed by atoms with E-state index in [4.69, 9.17) is 4.74 Å². The number of hydrogen-bond donors (Lipinski definition) is 2. The molecule has 1 amide bonds. The van der Waals surface area contributed by atoms with Gasteiger partial charge in [-0.3, -0.25) is 14.4 Å². The Hall–Kier alpha value is -4.19. The van der Waals surface area contributed by atoms with Crippen LogP contribution in [0.4, 0.5) is 0 Å². The fraction of sp³-hybridized carbons (Fsp3) is 0.115. The fourth-order valence-electron chi connectivity index (χ4n) is 3.49. The third-order valence-electron chi connectivity index (χ3n) is 5.18. The summed E-state index contributed by atoms with van der Waals surface area (Å²) in [6.45, 7) is 1.19. The van der Waals surface area contributed by atoms with E-state index in [1.54, 1.807) is 18.3 Å². The summed E-state index contributed by atoms with van der Waals surface area (Å²) < 4.78 is 5.23. The fourth-order valence-corrected chi connectivity index (χ4v) is 3.49. The summed E-state index contributed by atoms with van der Waals surface area (Å²) in [5, 5.41) is 3.31. The molecule has 4 rings (SSSR count). The number of carbonyl (C=O) groups is 3. The molecule has 6 heteroatoms. The Kier molecular flexibility index (Phi) is 6.12. The maximum absolute atomic E-state index is 12.7. The first kappa shape index (κ1) is 21.1. The first-order valence-electron chi connectivity index (χ1n) is 10.3. The van der Waals surface area contributed by atoms with E-state index in [0.717, 1.165) is 22.0 Å². The number of hydrogen-bond acceptors (Lipinski definition) is 4. The summed E-state index contributed by atoms with van der Waals surface area (Å²) in [7, 11) is 0. The maximum atomic E-state index is 12.7. The van der Waals surface area contributed by atoms with Crippen LogP contribution in [0, 0.1) is 0 Å². The van der Waals surface area contributed by atoms with Crippen molar-refractivity contribution >= 4 is 28.6 Å². The molecule has 0 spiro atoms. The van der Waals surface area contributed by atoms with Crippen LogP contribution >= 0.6 is 0 Å². The Morgan fingerprint density at radius 2 is 1.53 bits per heavy atom. The van der Waals surface area contributed by atoms with Crippen molar-refractivity contribution in [2.24, 2.45) is 0 Å². The SMILES string of the molecule is CC(OC(=O)CNC(=O)c1ccc(-c2ccccc2)cc1)C(=O)c1c[nH]c2ccccc12. The highest BCUT2D eigenvalue weighted by molar-refractivity contribution is 6.10. The number of ether oxygens (including phenoxy) is 1. The monoisotopic (exact) mass is 426 g/mol. The third kappa shape index (κ3) is 4.59. The molecule has 160 valence electrons. The van der Waals surface area contributed by atoms with E-state index in [0.29, 0.717) is 11.1 Å². The van der Waals surface area contributed by atoms with Gasteiger partial charge in [0.05, 0.1) is 0 Å². The van der Waals surface area contributed by atoms with Gasteiger partial charge in [-0.1, -0.05) is 60.7 Å². The van der Waals surface area contributed by atoms with E-state index in [2.05, 4.69) is 10.3 Å². The Morgan fingerprint density at radius 1 is 0.875 bits per heavy atom. The number of nitrogens with one attached hydrogen (secondary N) is 2. The number of benzene rings is 3. The normalized spacial score (nSPS) is 11.7. The van der Waals surface area contributed by atoms with Crippen LogP contribution in [0.1, 0.15) is 27.6 Å². The zero-order valence-electron chi connectivity index (χ0n) is 17.5. The van der Waals surface area contributed by atoms with Gasteiger partial charge in [0, 0.05) is 28.2 Å². The molecule has 2 N–H and O–H groups in total. The number of Topliss-reactive ketones (excluding diaryl/α,β-unsaturated/α-hetero) is 1. The summed E-state index contributed by atoms with van der Waals surface area (Å²) >= 11 is 0. The number of esters is 1. The first-order chi connectivity index (χ1) is 15.5. The van der Waals surface area contributed by atoms with Crippen LogP contribution in [0.3, 0.4) is 0 Å². The lowest BCUT2D eigenvalue weighted by atomic mass is 10.0. The third-order valence-corrected chi connectivity index (χ3v) is 5.18. The molecule has 0 fully saturated rings. The summed E-state index contributed by atoms with van der Waals surface area (Å²) in [6.07, 6.45) is 0.641. The van der Waals surface area contributed by atoms with Gasteiger partial charge in [-0.2, -0.15) is 0 Å². The lowest BCUT2D eigenvalue weighted by Gasteiger charge is -2.12. The molecule has 1 unspecified atom stereocenters. The smallest absolute Gasteiger partial charge is 0.326 e. The zero-order valence-corrected chi connectivity index (χ0v) is 17.5. The molecule has 1 heterocycles. The van der Waals surface area contributed by atoms with Crippen LogP contribution in [0.15, 0.2) is 85.1 Å². The predicted octanol–water partition coefficient (Wildman–Crippen LogP) is 4.38. The molecule has 0 radical (unpaired) electrons. The van der Waals surface area contributed by atoms with Crippen molar-refractivity contribution in [3.63, 3.8) is 0 Å². The summed E-state index contributed by atoms with van der Waals surface area (Å²) in [6, 6.07) is 24.3. The van der Waals surface area contributed by atoms with Gasteiger partial charge in [0.1, 0.15) is 6.54 Å². The second kappa shape index (κ2) is 9.31. The summed E-state index contributed by atoms with van der Waals surface area (Å²) in [5.41, 5.74) is 3.77. The number of H-pyrrole nitrogens is 1. The minimum absolute atomic E-state index is 0.307. The number of aromatic amines is 1. The molecule has 0 bridgehead atoms. The number of rotatable bonds is 7. The Balaban J connectivity index is 1.31. The van der Waals surface area contributed by atoms with E-state index in [-0.39, 0.29) is 12.3 Å². The first-order valence-corrected chi connectivity index (χ1v) is 10.3. The number of amides is 1. The van der Waals surface area contributed by atoms with Gasteiger partial charge in [-0.15, -0.1) is 0 Å². The van der Waals surface area contributed by atoms with E-state index < -0.39 is 18.0 Å². The van der Waals surface area contributed by atoms with Crippen molar-refractivity contribution in [1.82, 2.24) is 10.3 Å². The molecule has 0 aliphatic rings. The van der Waals surface area contributed by atoms with E-state index in [1.807, 2.05) is 66.7 Å². The van der Waals surface area contributed by atoms with Gasteiger partial charge in [0.25, 0.3) is 5.91 Å². The zero-order chi connectivity index (χ0) is 22.5. The van der Waals surface area contributed by atoms with Crippen molar-refractivity contribution in [1.29, 1.82) is 0 Å². The summed E-state index contributed by atoms with van der Waals surface area (Å²) in [5.74, 6) is -1.38. The minimum atomic E-state index is -0.969. The van der Waals surface area contributed by atoms with Gasteiger partial charge in [-0.25, -0.2) is 0 Å². The van der Waals surface area contributed by atoms with Crippen molar-refractivity contribution in [2.75, 3.05) is 6.54 Å². The number of ketones is 1. The van der Waals surface area contributed by atoms with Gasteiger partial charge in [-0.05, 0) is 36.2 Å².